The lowest BCUT2D eigenvalue weighted by atomic mass is 10.1. The molecule has 0 heterocycles. The summed E-state index contributed by atoms with van der Waals surface area (Å²) in [4.78, 5) is 27.8. The largest absolute Gasteiger partial charge is 0.497 e. The minimum atomic E-state index is -0.632. The number of nitrogens with one attached hydrogen (secondary N) is 1. The Balaban J connectivity index is 1.68. The molecule has 5 nitrogen and oxygen atoms in total. The zero-order valence-electron chi connectivity index (χ0n) is 19.0. The third kappa shape index (κ3) is 7.29. The number of hydrogen-bond acceptors (Lipinski definition) is 4. The number of amides is 2. The second-order valence-electron chi connectivity index (χ2n) is 8.23. The molecule has 1 fully saturated rings. The average molecular weight is 509 g/mol. The predicted molar refractivity (Wildman–Crippen MR) is 136 cm³/mol. The molecule has 1 saturated carbocycles. The molecule has 2 aromatic carbocycles. The fraction of sp³-hybridized carbons (Fsp3) is 0.440. The van der Waals surface area contributed by atoms with E-state index in [-0.39, 0.29) is 30.2 Å². The van der Waals surface area contributed by atoms with Crippen molar-refractivity contribution in [2.45, 2.75) is 57.0 Å². The summed E-state index contributed by atoms with van der Waals surface area (Å²) in [6.07, 6.45) is 4.22. The van der Waals surface area contributed by atoms with Crippen molar-refractivity contribution >= 4 is 46.8 Å². The van der Waals surface area contributed by atoms with Crippen LogP contribution < -0.4 is 10.1 Å². The van der Waals surface area contributed by atoms with Gasteiger partial charge in [0, 0.05) is 33.9 Å². The van der Waals surface area contributed by atoms with E-state index in [1.54, 1.807) is 37.1 Å². The van der Waals surface area contributed by atoms with Crippen LogP contribution in [0, 0.1) is 0 Å². The van der Waals surface area contributed by atoms with Crippen molar-refractivity contribution in [2.75, 3.05) is 12.9 Å². The molecule has 1 aliphatic rings. The summed E-state index contributed by atoms with van der Waals surface area (Å²) in [5, 5.41) is 4.07. The molecule has 2 amide bonds. The maximum Gasteiger partial charge on any atom is 0.242 e. The van der Waals surface area contributed by atoms with Gasteiger partial charge < -0.3 is 15.0 Å². The highest BCUT2D eigenvalue weighted by Crippen LogP contribution is 2.27. The highest BCUT2D eigenvalue weighted by Gasteiger charge is 2.29. The summed E-state index contributed by atoms with van der Waals surface area (Å²) in [5.74, 6) is 1.45. The Hall–Kier alpha value is -1.89. The first kappa shape index (κ1) is 25.7. The molecule has 33 heavy (non-hydrogen) atoms. The number of nitrogens with zero attached hydrogens (tertiary/aromatic N) is 1. The van der Waals surface area contributed by atoms with Gasteiger partial charge in [0.25, 0.3) is 0 Å². The van der Waals surface area contributed by atoms with Gasteiger partial charge in [-0.05, 0) is 49.6 Å². The number of carbonyl (C=O) groups excluding carboxylic acids is 2. The van der Waals surface area contributed by atoms with Crippen LogP contribution in [0.15, 0.2) is 42.5 Å². The second-order valence-corrected chi connectivity index (χ2v) is 10.0. The zero-order valence-corrected chi connectivity index (χ0v) is 21.3. The second kappa shape index (κ2) is 12.5. The topological polar surface area (TPSA) is 58.6 Å². The fourth-order valence-electron chi connectivity index (χ4n) is 3.89. The monoisotopic (exact) mass is 508 g/mol. The van der Waals surface area contributed by atoms with E-state index in [0.29, 0.717) is 21.4 Å². The number of carbonyl (C=O) groups is 2. The van der Waals surface area contributed by atoms with Gasteiger partial charge in [-0.25, -0.2) is 0 Å². The number of halogens is 2. The van der Waals surface area contributed by atoms with Gasteiger partial charge in [-0.3, -0.25) is 9.59 Å². The maximum atomic E-state index is 13.3. The SMILES string of the molecule is COc1ccc(CSCC(=O)N(Cc2c(Cl)cccc2Cl)[C@H](C)C(=O)NC2CCCC2)cc1. The van der Waals surface area contributed by atoms with Crippen molar-refractivity contribution in [1.29, 1.82) is 0 Å². The Kier molecular flexibility index (Phi) is 9.78. The highest BCUT2D eigenvalue weighted by molar-refractivity contribution is 7.99. The summed E-state index contributed by atoms with van der Waals surface area (Å²) in [6, 6.07) is 12.6. The number of methoxy groups -OCH3 is 1. The molecular weight excluding hydrogens is 479 g/mol. The van der Waals surface area contributed by atoms with Gasteiger partial charge in [-0.15, -0.1) is 11.8 Å². The molecular formula is C25H30Cl2N2O3S. The van der Waals surface area contributed by atoms with E-state index in [2.05, 4.69) is 5.32 Å². The van der Waals surface area contributed by atoms with Crippen LogP contribution in [0.4, 0.5) is 0 Å². The molecule has 3 rings (SSSR count). The molecule has 1 atom stereocenters. The van der Waals surface area contributed by atoms with Crippen LogP contribution in [-0.2, 0) is 21.9 Å². The van der Waals surface area contributed by atoms with E-state index >= 15 is 0 Å². The lowest BCUT2D eigenvalue weighted by Gasteiger charge is -2.30. The highest BCUT2D eigenvalue weighted by atomic mass is 35.5. The first-order valence-corrected chi connectivity index (χ1v) is 13.0. The van der Waals surface area contributed by atoms with Crippen molar-refractivity contribution in [3.05, 3.63) is 63.6 Å². The van der Waals surface area contributed by atoms with Crippen molar-refractivity contribution in [1.82, 2.24) is 10.2 Å². The van der Waals surface area contributed by atoms with Crippen molar-refractivity contribution < 1.29 is 14.3 Å². The van der Waals surface area contributed by atoms with Crippen molar-refractivity contribution in [2.24, 2.45) is 0 Å². The van der Waals surface area contributed by atoms with E-state index in [0.717, 1.165) is 37.0 Å². The zero-order chi connectivity index (χ0) is 23.8. The summed E-state index contributed by atoms with van der Waals surface area (Å²) < 4.78 is 5.19. The maximum absolute atomic E-state index is 13.3. The van der Waals surface area contributed by atoms with Crippen molar-refractivity contribution in [3.8, 4) is 5.75 Å². The van der Waals surface area contributed by atoms with Crippen LogP contribution in [0.5, 0.6) is 5.75 Å². The van der Waals surface area contributed by atoms with Gasteiger partial charge in [0.2, 0.25) is 11.8 Å². The van der Waals surface area contributed by atoms with Crippen LogP contribution in [0.2, 0.25) is 10.0 Å². The smallest absolute Gasteiger partial charge is 0.242 e. The van der Waals surface area contributed by atoms with E-state index in [1.807, 2.05) is 24.3 Å². The Morgan fingerprint density at radius 2 is 1.76 bits per heavy atom. The number of thioether (sulfide) groups is 1. The lowest BCUT2D eigenvalue weighted by Crippen LogP contribution is -2.50. The van der Waals surface area contributed by atoms with Crippen LogP contribution in [-0.4, -0.2) is 41.7 Å². The predicted octanol–water partition coefficient (Wildman–Crippen LogP) is 5.71. The molecule has 0 unspecified atom stereocenters. The first-order chi connectivity index (χ1) is 15.9. The quantitative estimate of drug-likeness (QED) is 0.446. The van der Waals surface area contributed by atoms with E-state index in [9.17, 15) is 9.59 Å². The van der Waals surface area contributed by atoms with Crippen LogP contribution in [0.25, 0.3) is 0 Å². The summed E-state index contributed by atoms with van der Waals surface area (Å²) in [6.45, 7) is 1.95. The molecule has 2 aromatic rings. The molecule has 178 valence electrons. The Morgan fingerprint density at radius 1 is 1.12 bits per heavy atom. The molecule has 0 bridgehead atoms. The molecule has 0 saturated heterocycles. The van der Waals surface area contributed by atoms with Gasteiger partial charge >= 0.3 is 0 Å². The average Bonchev–Trinajstić information content (AvgIpc) is 3.32. The molecule has 1 N–H and O–H groups in total. The minimum absolute atomic E-state index is 0.126. The van der Waals surface area contributed by atoms with E-state index in [4.69, 9.17) is 27.9 Å². The lowest BCUT2D eigenvalue weighted by molar-refractivity contribution is -0.138. The minimum Gasteiger partial charge on any atom is -0.497 e. The fourth-order valence-corrected chi connectivity index (χ4v) is 5.28. The Morgan fingerprint density at radius 3 is 2.36 bits per heavy atom. The Bertz CT molecular complexity index is 929. The number of hydrogen-bond donors (Lipinski definition) is 1. The van der Waals surface area contributed by atoms with Gasteiger partial charge in [-0.2, -0.15) is 0 Å². The molecule has 0 radical (unpaired) electrons. The van der Waals surface area contributed by atoms with Crippen LogP contribution >= 0.6 is 35.0 Å². The number of rotatable bonds is 10. The van der Waals surface area contributed by atoms with Gasteiger partial charge in [0.15, 0.2) is 0 Å². The Labute approximate surface area is 210 Å². The first-order valence-electron chi connectivity index (χ1n) is 11.1. The van der Waals surface area contributed by atoms with E-state index in [1.165, 1.54) is 11.8 Å². The summed E-state index contributed by atoms with van der Waals surface area (Å²) in [7, 11) is 1.63. The van der Waals surface area contributed by atoms with Crippen molar-refractivity contribution in [3.63, 3.8) is 0 Å². The summed E-state index contributed by atoms with van der Waals surface area (Å²) in [5.41, 5.74) is 1.75. The van der Waals surface area contributed by atoms with Crippen LogP contribution in [0.1, 0.15) is 43.7 Å². The van der Waals surface area contributed by atoms with Gasteiger partial charge in [0.05, 0.1) is 12.9 Å². The number of ether oxygens (including phenoxy) is 1. The summed E-state index contributed by atoms with van der Waals surface area (Å²) >= 11 is 14.2. The van der Waals surface area contributed by atoms with Crippen LogP contribution in [0.3, 0.4) is 0 Å². The molecule has 0 spiro atoms. The normalized spacial score (nSPS) is 14.7. The molecule has 8 heteroatoms. The third-order valence-corrected chi connectivity index (χ3v) is 7.61. The molecule has 0 aliphatic heterocycles. The third-order valence-electron chi connectivity index (χ3n) is 5.91. The van der Waals surface area contributed by atoms with Gasteiger partial charge in [0.1, 0.15) is 11.8 Å². The van der Waals surface area contributed by atoms with Gasteiger partial charge in [-0.1, -0.05) is 54.2 Å². The molecule has 1 aliphatic carbocycles. The standard InChI is InChI=1S/C25H30Cl2N2O3S/c1-17(25(31)28-19-6-3-4-7-19)29(14-21-22(26)8-5-9-23(21)27)24(30)16-33-15-18-10-12-20(32-2)13-11-18/h5,8-13,17,19H,3-4,6-7,14-16H2,1-2H3,(H,28,31)/t17-/m1/s1. The molecule has 0 aromatic heterocycles. The number of benzene rings is 2. The van der Waals surface area contributed by atoms with E-state index < -0.39 is 6.04 Å².